The highest BCUT2D eigenvalue weighted by molar-refractivity contribution is 7.98. The molecule has 0 fully saturated rings. The molecule has 0 aliphatic rings. The number of methoxy groups -OCH3 is 1. The topological polar surface area (TPSA) is 78.3 Å². The van der Waals surface area contributed by atoms with Gasteiger partial charge in [0, 0.05) is 10.9 Å². The van der Waals surface area contributed by atoms with Crippen LogP contribution >= 0.6 is 11.8 Å². The van der Waals surface area contributed by atoms with Gasteiger partial charge in [-0.3, -0.25) is 4.40 Å². The number of hydrogen-bond acceptors (Lipinski definition) is 7. The maximum Gasteiger partial charge on any atom is 0.237 e. The number of aromatic nitrogens is 5. The van der Waals surface area contributed by atoms with Crippen molar-refractivity contribution in [1.82, 2.24) is 24.7 Å². The van der Waals surface area contributed by atoms with Crippen molar-refractivity contribution in [1.29, 1.82) is 0 Å². The molecule has 0 saturated carbocycles. The molecule has 0 atom stereocenters. The lowest BCUT2D eigenvalue weighted by molar-refractivity contribution is 0.391. The van der Waals surface area contributed by atoms with E-state index in [-0.39, 0.29) is 0 Å². The first kappa shape index (κ1) is 17.7. The second-order valence-corrected chi connectivity index (χ2v) is 7.50. The average molecular weight is 403 g/mol. The lowest BCUT2D eigenvalue weighted by Crippen LogP contribution is -1.93. The van der Waals surface area contributed by atoms with E-state index >= 15 is 0 Å². The number of nitrogens with zero attached hydrogens (tertiary/aromatic N) is 5. The molecule has 0 aliphatic heterocycles. The van der Waals surface area contributed by atoms with Gasteiger partial charge in [0.1, 0.15) is 5.75 Å². The van der Waals surface area contributed by atoms with Gasteiger partial charge in [0.2, 0.25) is 11.7 Å². The van der Waals surface area contributed by atoms with Crippen LogP contribution < -0.4 is 4.74 Å². The number of benzene rings is 2. The third-order valence-corrected chi connectivity index (χ3v) is 5.61. The molecule has 0 unspecified atom stereocenters. The fourth-order valence-corrected chi connectivity index (χ4v) is 4.08. The summed E-state index contributed by atoms with van der Waals surface area (Å²) in [5, 5.41) is 14.7. The molecule has 0 radical (unpaired) electrons. The Hall–Kier alpha value is -3.39. The normalized spacial score (nSPS) is 11.4. The Kier molecular flexibility index (Phi) is 4.40. The summed E-state index contributed by atoms with van der Waals surface area (Å²) < 4.78 is 12.7. The first-order valence-corrected chi connectivity index (χ1v) is 10.0. The molecule has 0 N–H and O–H groups in total. The van der Waals surface area contributed by atoms with Crippen LogP contribution in [0.15, 0.2) is 64.3 Å². The summed E-state index contributed by atoms with van der Waals surface area (Å²) in [6.07, 6.45) is 0. The van der Waals surface area contributed by atoms with E-state index in [4.69, 9.17) is 9.26 Å². The molecule has 0 saturated heterocycles. The minimum atomic E-state index is 0.500. The molecule has 3 heterocycles. The van der Waals surface area contributed by atoms with Crippen LogP contribution in [0.2, 0.25) is 0 Å². The zero-order valence-electron chi connectivity index (χ0n) is 15.9. The smallest absolute Gasteiger partial charge is 0.237 e. The number of thioether (sulfide) groups is 1. The molecule has 0 bridgehead atoms. The number of ether oxygens (including phenoxy) is 1. The second-order valence-electron chi connectivity index (χ2n) is 6.55. The Labute approximate surface area is 170 Å². The summed E-state index contributed by atoms with van der Waals surface area (Å²) in [5.41, 5.74) is 3.93. The highest BCUT2D eigenvalue weighted by Gasteiger charge is 2.14. The number of para-hydroxylation sites is 1. The summed E-state index contributed by atoms with van der Waals surface area (Å²) in [7, 11) is 1.63. The molecule has 3 aromatic heterocycles. The molecular weight excluding hydrogens is 386 g/mol. The van der Waals surface area contributed by atoms with E-state index in [1.807, 2.05) is 42.5 Å². The Morgan fingerprint density at radius 1 is 1.07 bits per heavy atom. The standard InChI is InChI=1S/C21H17N5O2S/c1-13-10-18-23-24-21(26(18)17-9-4-3-8-16(13)17)29-12-19-22-20(25-28-19)14-6-5-7-15(11-14)27-2/h3-11H,12H2,1-2H3. The molecule has 29 heavy (non-hydrogen) atoms. The summed E-state index contributed by atoms with van der Waals surface area (Å²) in [6, 6.07) is 17.9. The summed E-state index contributed by atoms with van der Waals surface area (Å²) >= 11 is 1.51. The Morgan fingerprint density at radius 3 is 2.86 bits per heavy atom. The van der Waals surface area contributed by atoms with Gasteiger partial charge in [0.05, 0.1) is 18.4 Å². The Bertz CT molecular complexity index is 1330. The molecular formula is C21H17N5O2S. The van der Waals surface area contributed by atoms with Gasteiger partial charge in [-0.15, -0.1) is 10.2 Å². The number of aryl methyl sites for hydroxylation is 1. The van der Waals surface area contributed by atoms with Crippen LogP contribution in [0.25, 0.3) is 27.9 Å². The van der Waals surface area contributed by atoms with Gasteiger partial charge in [-0.2, -0.15) is 4.98 Å². The summed E-state index contributed by atoms with van der Waals surface area (Å²) in [6.45, 7) is 2.09. The van der Waals surface area contributed by atoms with Crippen molar-refractivity contribution in [2.24, 2.45) is 0 Å². The molecule has 0 spiro atoms. The van der Waals surface area contributed by atoms with Gasteiger partial charge < -0.3 is 9.26 Å². The van der Waals surface area contributed by atoms with Crippen LogP contribution in [0.4, 0.5) is 0 Å². The van der Waals surface area contributed by atoms with Crippen molar-refractivity contribution in [3.8, 4) is 17.1 Å². The fraction of sp³-hybridized carbons (Fsp3) is 0.143. The van der Waals surface area contributed by atoms with Gasteiger partial charge in [-0.25, -0.2) is 0 Å². The maximum atomic E-state index is 5.43. The van der Waals surface area contributed by atoms with E-state index in [2.05, 4.69) is 43.8 Å². The van der Waals surface area contributed by atoms with Crippen LogP contribution in [0.5, 0.6) is 5.75 Å². The van der Waals surface area contributed by atoms with Crippen molar-refractivity contribution in [2.45, 2.75) is 17.8 Å². The first-order chi connectivity index (χ1) is 14.2. The number of pyridine rings is 1. The monoisotopic (exact) mass is 403 g/mol. The quantitative estimate of drug-likeness (QED) is 0.399. The molecule has 8 heteroatoms. The maximum absolute atomic E-state index is 5.43. The average Bonchev–Trinajstić information content (AvgIpc) is 3.39. The van der Waals surface area contributed by atoms with Crippen molar-refractivity contribution < 1.29 is 9.26 Å². The molecule has 0 aliphatic carbocycles. The Morgan fingerprint density at radius 2 is 1.97 bits per heavy atom. The fourth-order valence-electron chi connectivity index (χ4n) is 3.29. The van der Waals surface area contributed by atoms with E-state index in [9.17, 15) is 0 Å². The van der Waals surface area contributed by atoms with Gasteiger partial charge in [0.15, 0.2) is 10.8 Å². The van der Waals surface area contributed by atoms with E-state index in [1.54, 1.807) is 7.11 Å². The summed E-state index contributed by atoms with van der Waals surface area (Å²) in [5.74, 6) is 2.31. The van der Waals surface area contributed by atoms with Crippen LogP contribution in [-0.2, 0) is 5.75 Å². The predicted octanol–water partition coefficient (Wildman–Crippen LogP) is 4.54. The second kappa shape index (κ2) is 7.21. The minimum Gasteiger partial charge on any atom is -0.497 e. The predicted molar refractivity (Wildman–Crippen MR) is 111 cm³/mol. The molecule has 7 nitrogen and oxygen atoms in total. The van der Waals surface area contributed by atoms with Crippen LogP contribution in [0.3, 0.4) is 0 Å². The van der Waals surface area contributed by atoms with Crippen molar-refractivity contribution in [3.63, 3.8) is 0 Å². The van der Waals surface area contributed by atoms with Crippen molar-refractivity contribution in [2.75, 3.05) is 7.11 Å². The largest absolute Gasteiger partial charge is 0.497 e. The van der Waals surface area contributed by atoms with E-state index < -0.39 is 0 Å². The third kappa shape index (κ3) is 3.21. The SMILES string of the molecule is COc1cccc(-c2noc(CSc3nnc4cc(C)c5ccccc5n34)n2)c1. The summed E-state index contributed by atoms with van der Waals surface area (Å²) in [4.78, 5) is 4.50. The van der Waals surface area contributed by atoms with Crippen LogP contribution in [0, 0.1) is 6.92 Å². The van der Waals surface area contributed by atoms with Crippen molar-refractivity contribution >= 4 is 28.3 Å². The van der Waals surface area contributed by atoms with Crippen LogP contribution in [0.1, 0.15) is 11.5 Å². The van der Waals surface area contributed by atoms with Gasteiger partial charge in [-0.1, -0.05) is 47.3 Å². The first-order valence-electron chi connectivity index (χ1n) is 9.06. The van der Waals surface area contributed by atoms with E-state index in [0.29, 0.717) is 17.5 Å². The lowest BCUT2D eigenvalue weighted by Gasteiger charge is -2.06. The highest BCUT2D eigenvalue weighted by Crippen LogP contribution is 2.28. The molecule has 2 aromatic carbocycles. The van der Waals surface area contributed by atoms with E-state index in [1.165, 1.54) is 22.7 Å². The highest BCUT2D eigenvalue weighted by atomic mass is 32.2. The molecule has 5 aromatic rings. The van der Waals surface area contributed by atoms with Gasteiger partial charge in [0.25, 0.3) is 0 Å². The number of rotatable bonds is 5. The Balaban J connectivity index is 1.43. The van der Waals surface area contributed by atoms with E-state index in [0.717, 1.165) is 27.6 Å². The molecule has 144 valence electrons. The van der Waals surface area contributed by atoms with Crippen molar-refractivity contribution in [3.05, 3.63) is 66.1 Å². The zero-order valence-corrected chi connectivity index (χ0v) is 16.7. The van der Waals surface area contributed by atoms with Gasteiger partial charge in [-0.05, 0) is 36.8 Å². The zero-order chi connectivity index (χ0) is 19.8. The molecule has 5 rings (SSSR count). The third-order valence-electron chi connectivity index (χ3n) is 4.69. The lowest BCUT2D eigenvalue weighted by atomic mass is 10.1. The minimum absolute atomic E-state index is 0.500. The van der Waals surface area contributed by atoms with Gasteiger partial charge >= 0.3 is 0 Å². The van der Waals surface area contributed by atoms with Crippen LogP contribution in [-0.4, -0.2) is 31.8 Å². The molecule has 0 amide bonds. The number of fused-ring (bicyclic) bond motifs is 3. The number of hydrogen-bond donors (Lipinski definition) is 0.